The first-order valence-corrected chi connectivity index (χ1v) is 7.17. The largest absolute Gasteiger partial charge is 0.383 e. The molecule has 0 spiro atoms. The summed E-state index contributed by atoms with van der Waals surface area (Å²) in [6.45, 7) is 1.48. The number of methoxy groups -OCH3 is 1. The van der Waals surface area contributed by atoms with Gasteiger partial charge in [-0.15, -0.1) is 11.3 Å². The zero-order valence-electron chi connectivity index (χ0n) is 11.3. The van der Waals surface area contributed by atoms with Crippen LogP contribution in [0.3, 0.4) is 0 Å². The molecule has 2 amide bonds. The van der Waals surface area contributed by atoms with Crippen molar-refractivity contribution in [2.45, 2.75) is 6.54 Å². The molecule has 0 saturated heterocycles. The predicted octanol–water partition coefficient (Wildman–Crippen LogP) is 2.26. The maximum atomic E-state index is 11.5. The number of amides is 2. The third kappa shape index (κ3) is 4.32. The highest BCUT2D eigenvalue weighted by atomic mass is 32.1. The second kappa shape index (κ2) is 7.62. The first-order valence-electron chi connectivity index (χ1n) is 6.29. The fourth-order valence-corrected chi connectivity index (χ4v) is 2.35. The third-order valence-electron chi connectivity index (χ3n) is 2.64. The lowest BCUT2D eigenvalue weighted by molar-refractivity contribution is 0.196. The van der Waals surface area contributed by atoms with E-state index in [1.807, 2.05) is 29.6 Å². The van der Waals surface area contributed by atoms with E-state index in [1.54, 1.807) is 24.6 Å². The van der Waals surface area contributed by atoms with Crippen molar-refractivity contribution >= 4 is 17.4 Å². The van der Waals surface area contributed by atoms with Crippen LogP contribution in [0.1, 0.15) is 5.56 Å². The number of carbonyl (C=O) groups is 1. The number of carbonyl (C=O) groups excluding carboxylic acids is 1. The molecule has 5 nitrogen and oxygen atoms in total. The lowest BCUT2D eigenvalue weighted by atomic mass is 10.2. The Morgan fingerprint density at radius 2 is 2.30 bits per heavy atom. The van der Waals surface area contributed by atoms with Gasteiger partial charge in [0.2, 0.25) is 0 Å². The average Bonchev–Trinajstić information content (AvgIpc) is 3.00. The van der Waals surface area contributed by atoms with E-state index in [4.69, 9.17) is 4.74 Å². The Kier molecular flexibility index (Phi) is 5.52. The zero-order valence-corrected chi connectivity index (χ0v) is 12.1. The summed E-state index contributed by atoms with van der Waals surface area (Å²) in [5.74, 6) is 0. The number of nitrogens with zero attached hydrogens (tertiary/aromatic N) is 1. The number of hydrogen-bond donors (Lipinski definition) is 2. The minimum atomic E-state index is -0.198. The molecule has 2 aromatic heterocycles. The van der Waals surface area contributed by atoms with Gasteiger partial charge in [0.1, 0.15) is 0 Å². The van der Waals surface area contributed by atoms with Gasteiger partial charge in [0.15, 0.2) is 0 Å². The van der Waals surface area contributed by atoms with Gasteiger partial charge < -0.3 is 15.4 Å². The van der Waals surface area contributed by atoms with Crippen molar-refractivity contribution in [3.63, 3.8) is 0 Å². The van der Waals surface area contributed by atoms with Gasteiger partial charge in [-0.2, -0.15) is 0 Å². The number of aromatic nitrogens is 1. The lowest BCUT2D eigenvalue weighted by Crippen LogP contribution is -2.36. The normalized spacial score (nSPS) is 10.2. The maximum Gasteiger partial charge on any atom is 0.315 e. The Labute approximate surface area is 122 Å². The Morgan fingerprint density at radius 3 is 3.05 bits per heavy atom. The first kappa shape index (κ1) is 14.5. The van der Waals surface area contributed by atoms with Gasteiger partial charge in [0.05, 0.1) is 17.2 Å². The summed E-state index contributed by atoms with van der Waals surface area (Å²) in [5.41, 5.74) is 1.95. The van der Waals surface area contributed by atoms with Crippen molar-refractivity contribution in [3.8, 4) is 10.6 Å². The SMILES string of the molecule is COCCNC(=O)NCc1ccnc(-c2cccs2)c1. The minimum absolute atomic E-state index is 0.198. The van der Waals surface area contributed by atoms with Crippen LogP contribution in [0.2, 0.25) is 0 Å². The van der Waals surface area contributed by atoms with E-state index in [2.05, 4.69) is 15.6 Å². The van der Waals surface area contributed by atoms with Crippen molar-refractivity contribution in [1.82, 2.24) is 15.6 Å². The zero-order chi connectivity index (χ0) is 14.2. The van der Waals surface area contributed by atoms with Gasteiger partial charge in [-0.05, 0) is 29.1 Å². The van der Waals surface area contributed by atoms with Gasteiger partial charge in [-0.3, -0.25) is 4.98 Å². The second-order valence-corrected chi connectivity index (χ2v) is 5.08. The van der Waals surface area contributed by atoms with Gasteiger partial charge >= 0.3 is 6.03 Å². The molecule has 0 atom stereocenters. The molecule has 0 saturated carbocycles. The lowest BCUT2D eigenvalue weighted by Gasteiger charge is -2.07. The molecule has 0 aliphatic rings. The van der Waals surface area contributed by atoms with Crippen LogP contribution in [-0.2, 0) is 11.3 Å². The van der Waals surface area contributed by atoms with Crippen LogP contribution in [0.25, 0.3) is 10.6 Å². The molecular formula is C14H17N3O2S. The summed E-state index contributed by atoms with van der Waals surface area (Å²) in [4.78, 5) is 17.0. The summed E-state index contributed by atoms with van der Waals surface area (Å²) in [6, 6.07) is 7.71. The summed E-state index contributed by atoms with van der Waals surface area (Å²) in [7, 11) is 1.60. The fraction of sp³-hybridized carbons (Fsp3) is 0.286. The van der Waals surface area contributed by atoms with E-state index >= 15 is 0 Å². The first-order chi connectivity index (χ1) is 9.79. The van der Waals surface area contributed by atoms with Gasteiger partial charge in [0.25, 0.3) is 0 Å². The van der Waals surface area contributed by atoms with E-state index in [0.717, 1.165) is 16.1 Å². The molecule has 0 aliphatic carbocycles. The topological polar surface area (TPSA) is 63.2 Å². The summed E-state index contributed by atoms with van der Waals surface area (Å²) in [6.07, 6.45) is 1.76. The molecule has 0 unspecified atom stereocenters. The molecule has 20 heavy (non-hydrogen) atoms. The molecule has 0 fully saturated rings. The standard InChI is InChI=1S/C14H17N3O2S/c1-19-7-6-16-14(18)17-10-11-4-5-15-12(9-11)13-3-2-8-20-13/h2-5,8-9H,6-7,10H2,1H3,(H2,16,17,18). The van der Waals surface area contributed by atoms with Crippen molar-refractivity contribution < 1.29 is 9.53 Å². The van der Waals surface area contributed by atoms with Crippen LogP contribution in [-0.4, -0.2) is 31.3 Å². The number of urea groups is 1. The molecule has 0 bridgehead atoms. The molecule has 0 aromatic carbocycles. The van der Waals surface area contributed by atoms with E-state index in [1.165, 1.54) is 0 Å². The molecule has 2 N–H and O–H groups in total. The van der Waals surface area contributed by atoms with Crippen LogP contribution in [0.5, 0.6) is 0 Å². The number of pyridine rings is 1. The smallest absolute Gasteiger partial charge is 0.315 e. The monoisotopic (exact) mass is 291 g/mol. The molecule has 0 aliphatic heterocycles. The fourth-order valence-electron chi connectivity index (χ4n) is 1.65. The van der Waals surface area contributed by atoms with Crippen molar-refractivity contribution in [3.05, 3.63) is 41.4 Å². The van der Waals surface area contributed by atoms with Crippen LogP contribution in [0.15, 0.2) is 35.8 Å². The van der Waals surface area contributed by atoms with Gasteiger partial charge in [-0.1, -0.05) is 6.07 Å². The quantitative estimate of drug-likeness (QED) is 0.802. The Hall–Kier alpha value is -1.92. The number of hydrogen-bond acceptors (Lipinski definition) is 4. The van der Waals surface area contributed by atoms with Crippen LogP contribution >= 0.6 is 11.3 Å². The van der Waals surface area contributed by atoms with E-state index in [-0.39, 0.29) is 6.03 Å². The van der Waals surface area contributed by atoms with Crippen molar-refractivity contribution in [2.75, 3.05) is 20.3 Å². The second-order valence-electron chi connectivity index (χ2n) is 4.13. The third-order valence-corrected chi connectivity index (χ3v) is 3.54. The highest BCUT2D eigenvalue weighted by Gasteiger charge is 2.03. The van der Waals surface area contributed by atoms with Crippen molar-refractivity contribution in [2.24, 2.45) is 0 Å². The Bertz CT molecular complexity index is 543. The highest BCUT2D eigenvalue weighted by Crippen LogP contribution is 2.22. The molecule has 0 radical (unpaired) electrons. The maximum absolute atomic E-state index is 11.5. The van der Waals surface area contributed by atoms with Gasteiger partial charge in [-0.25, -0.2) is 4.79 Å². The number of ether oxygens (including phenoxy) is 1. The Balaban J connectivity index is 1.87. The van der Waals surface area contributed by atoms with Crippen LogP contribution in [0, 0.1) is 0 Å². The van der Waals surface area contributed by atoms with Crippen LogP contribution < -0.4 is 10.6 Å². The molecule has 2 heterocycles. The van der Waals surface area contributed by atoms with E-state index < -0.39 is 0 Å². The molecule has 106 valence electrons. The summed E-state index contributed by atoms with van der Waals surface area (Å²) < 4.78 is 4.86. The molecule has 2 rings (SSSR count). The summed E-state index contributed by atoms with van der Waals surface area (Å²) in [5, 5.41) is 7.53. The minimum Gasteiger partial charge on any atom is -0.383 e. The number of thiophene rings is 1. The van der Waals surface area contributed by atoms with E-state index in [0.29, 0.717) is 19.7 Å². The molecule has 6 heteroatoms. The predicted molar refractivity (Wildman–Crippen MR) is 79.7 cm³/mol. The van der Waals surface area contributed by atoms with Crippen LogP contribution in [0.4, 0.5) is 4.79 Å². The van der Waals surface area contributed by atoms with E-state index in [9.17, 15) is 4.79 Å². The van der Waals surface area contributed by atoms with Gasteiger partial charge in [0, 0.05) is 26.4 Å². The molecule has 2 aromatic rings. The van der Waals surface area contributed by atoms with Crippen molar-refractivity contribution in [1.29, 1.82) is 0 Å². The highest BCUT2D eigenvalue weighted by molar-refractivity contribution is 7.13. The Morgan fingerprint density at radius 1 is 1.40 bits per heavy atom. The molecular weight excluding hydrogens is 274 g/mol. The number of nitrogens with one attached hydrogen (secondary N) is 2. The average molecular weight is 291 g/mol. The number of rotatable bonds is 6. The summed E-state index contributed by atoms with van der Waals surface area (Å²) >= 11 is 1.65.